The van der Waals surface area contributed by atoms with E-state index < -0.39 is 5.91 Å². The summed E-state index contributed by atoms with van der Waals surface area (Å²) in [6, 6.07) is 6.41. The lowest BCUT2D eigenvalue weighted by molar-refractivity contribution is 0.0936. The number of rotatable bonds is 8. The van der Waals surface area contributed by atoms with Crippen LogP contribution in [0.4, 0.5) is 5.82 Å². The Bertz CT molecular complexity index is 1280. The Hall–Kier alpha value is -4.40. The number of carbonyl (C=O) groups excluding carboxylic acids is 1. The van der Waals surface area contributed by atoms with Gasteiger partial charge >= 0.3 is 0 Å². The van der Waals surface area contributed by atoms with Crippen LogP contribution < -0.4 is 16.6 Å². The molecular weight excluding hydrogens is 438 g/mol. The normalized spacial score (nSPS) is 10.8. The third-order valence-corrected chi connectivity index (χ3v) is 5.25. The van der Waals surface area contributed by atoms with Gasteiger partial charge in [0.1, 0.15) is 12.1 Å². The highest BCUT2D eigenvalue weighted by molar-refractivity contribution is 7.98. The van der Waals surface area contributed by atoms with Crippen LogP contribution in [0.1, 0.15) is 21.7 Å². The van der Waals surface area contributed by atoms with E-state index >= 15 is 0 Å². The maximum Gasteiger partial charge on any atom is 0.292 e. The van der Waals surface area contributed by atoms with E-state index in [0.717, 1.165) is 0 Å². The Labute approximate surface area is 184 Å². The molecule has 14 nitrogen and oxygen atoms in total. The molecule has 0 bridgehead atoms. The van der Waals surface area contributed by atoms with Crippen molar-refractivity contribution in [3.8, 4) is 11.6 Å². The minimum absolute atomic E-state index is 0.0119. The Morgan fingerprint density at radius 2 is 2.16 bits per heavy atom. The van der Waals surface area contributed by atoms with Crippen LogP contribution in [0.15, 0.2) is 47.0 Å². The van der Waals surface area contributed by atoms with E-state index in [-0.39, 0.29) is 28.8 Å². The van der Waals surface area contributed by atoms with Crippen molar-refractivity contribution in [1.29, 1.82) is 0 Å². The fourth-order valence-corrected chi connectivity index (χ4v) is 3.49. The van der Waals surface area contributed by atoms with Crippen molar-refractivity contribution in [2.24, 2.45) is 7.05 Å². The summed E-state index contributed by atoms with van der Waals surface area (Å²) in [5.41, 5.74) is 12.3. The zero-order chi connectivity index (χ0) is 22.7. The Morgan fingerprint density at radius 3 is 2.84 bits per heavy atom. The fraction of sp³-hybridized carbons (Fsp3) is 0.118. The molecule has 0 radical (unpaired) electrons. The number of aromatic nitrogens is 8. The first-order valence-electron chi connectivity index (χ1n) is 8.98. The molecule has 15 heteroatoms. The summed E-state index contributed by atoms with van der Waals surface area (Å²) in [6.07, 6.45) is 1.56. The minimum Gasteiger partial charge on any atom is -0.508 e. The van der Waals surface area contributed by atoms with Gasteiger partial charge in [0.25, 0.3) is 5.91 Å². The number of hydrazine groups is 1. The molecule has 0 atom stereocenters. The molecule has 0 aliphatic carbocycles. The highest BCUT2D eigenvalue weighted by Gasteiger charge is 2.24. The Morgan fingerprint density at radius 1 is 1.31 bits per heavy atom. The summed E-state index contributed by atoms with van der Waals surface area (Å²) >= 11 is 1.31. The number of hydrogen-bond acceptors (Lipinski definition) is 12. The zero-order valence-corrected chi connectivity index (χ0v) is 17.4. The van der Waals surface area contributed by atoms with Crippen LogP contribution in [0.25, 0.3) is 11.5 Å². The summed E-state index contributed by atoms with van der Waals surface area (Å²) in [5, 5.41) is 33.3. The van der Waals surface area contributed by atoms with Gasteiger partial charge in [-0.2, -0.15) is 4.68 Å². The molecule has 4 rings (SSSR count). The van der Waals surface area contributed by atoms with Crippen molar-refractivity contribution < 1.29 is 14.5 Å². The van der Waals surface area contributed by atoms with E-state index in [1.807, 2.05) is 0 Å². The van der Waals surface area contributed by atoms with Gasteiger partial charge in [-0.3, -0.25) is 15.6 Å². The highest BCUT2D eigenvalue weighted by atomic mass is 32.2. The van der Waals surface area contributed by atoms with E-state index in [1.54, 1.807) is 30.1 Å². The SMILES string of the molecule is C=C(NNC(=O)c1nnn(-c2nonc2N)c1CSc1nncn1C)c1cccc(O)c1. The molecule has 3 aromatic heterocycles. The number of phenolic OH excluding ortho intramolecular Hbond substituents is 1. The first-order chi connectivity index (χ1) is 15.4. The van der Waals surface area contributed by atoms with Gasteiger partial charge in [-0.05, 0) is 22.4 Å². The predicted molar refractivity (Wildman–Crippen MR) is 112 cm³/mol. The molecule has 0 saturated heterocycles. The summed E-state index contributed by atoms with van der Waals surface area (Å²) in [7, 11) is 1.79. The molecule has 1 amide bonds. The van der Waals surface area contributed by atoms with Crippen molar-refractivity contribution in [1.82, 2.24) is 50.9 Å². The number of nitrogens with two attached hydrogens (primary N) is 1. The number of nitrogens with one attached hydrogen (secondary N) is 2. The number of nitrogens with zero attached hydrogens (tertiary/aromatic N) is 8. The molecule has 0 fully saturated rings. The third kappa shape index (κ3) is 4.22. The monoisotopic (exact) mass is 455 g/mol. The molecule has 164 valence electrons. The van der Waals surface area contributed by atoms with Gasteiger partial charge in [-0.25, -0.2) is 4.63 Å². The van der Waals surface area contributed by atoms with Crippen molar-refractivity contribution in [2.45, 2.75) is 10.9 Å². The lowest BCUT2D eigenvalue weighted by Crippen LogP contribution is -2.36. The zero-order valence-electron chi connectivity index (χ0n) is 16.6. The lowest BCUT2D eigenvalue weighted by atomic mass is 10.2. The number of phenols is 1. The second-order valence-electron chi connectivity index (χ2n) is 6.39. The van der Waals surface area contributed by atoms with Gasteiger partial charge in [-0.1, -0.05) is 35.7 Å². The summed E-state index contributed by atoms with van der Waals surface area (Å²) in [4.78, 5) is 12.9. The first-order valence-corrected chi connectivity index (χ1v) is 9.97. The van der Waals surface area contributed by atoms with Crippen LogP contribution in [0.3, 0.4) is 0 Å². The molecule has 5 N–H and O–H groups in total. The van der Waals surface area contributed by atoms with E-state index in [9.17, 15) is 9.90 Å². The summed E-state index contributed by atoms with van der Waals surface area (Å²) in [5.74, 6) is -0.186. The number of nitrogen functional groups attached to an aromatic ring is 1. The number of carbonyl (C=O) groups is 1. The number of benzene rings is 1. The molecule has 0 saturated carbocycles. The van der Waals surface area contributed by atoms with Crippen LogP contribution in [-0.2, 0) is 12.8 Å². The van der Waals surface area contributed by atoms with E-state index in [1.165, 1.54) is 28.6 Å². The Balaban J connectivity index is 1.56. The highest BCUT2D eigenvalue weighted by Crippen LogP contribution is 2.24. The van der Waals surface area contributed by atoms with Crippen LogP contribution in [0.5, 0.6) is 5.75 Å². The van der Waals surface area contributed by atoms with Crippen LogP contribution in [0, 0.1) is 0 Å². The maximum atomic E-state index is 12.9. The van der Waals surface area contributed by atoms with Crippen molar-refractivity contribution in [3.63, 3.8) is 0 Å². The molecule has 4 aromatic rings. The maximum absolute atomic E-state index is 12.9. The molecule has 32 heavy (non-hydrogen) atoms. The second-order valence-corrected chi connectivity index (χ2v) is 7.33. The molecule has 0 unspecified atom stereocenters. The first kappa shape index (κ1) is 20.9. The number of amides is 1. The van der Waals surface area contributed by atoms with Gasteiger partial charge < -0.3 is 15.4 Å². The number of aromatic hydroxyl groups is 1. The number of hydrogen-bond donors (Lipinski definition) is 4. The van der Waals surface area contributed by atoms with Gasteiger partial charge in [0, 0.05) is 18.4 Å². The average molecular weight is 455 g/mol. The smallest absolute Gasteiger partial charge is 0.292 e. The lowest BCUT2D eigenvalue weighted by Gasteiger charge is -2.11. The van der Waals surface area contributed by atoms with E-state index in [4.69, 9.17) is 5.73 Å². The van der Waals surface area contributed by atoms with Gasteiger partial charge in [0.2, 0.25) is 11.6 Å². The second kappa shape index (κ2) is 8.76. The standard InChI is InChI=1S/C17H17N11O3S/c1-9(10-4-3-5-11(29)6-10)20-22-16(30)13-12(7-32-17-23-19-8-27(17)2)28(26-21-13)15-14(18)24-31-25-15/h3-6,8,20,29H,1,7H2,2H3,(H2,18,24)(H,22,30). The van der Waals surface area contributed by atoms with Gasteiger partial charge in [0.15, 0.2) is 10.9 Å². The average Bonchev–Trinajstić information content (AvgIpc) is 3.49. The quantitative estimate of drug-likeness (QED) is 0.210. The van der Waals surface area contributed by atoms with Gasteiger partial charge in [0.05, 0.1) is 11.4 Å². The summed E-state index contributed by atoms with van der Waals surface area (Å²) < 4.78 is 7.64. The third-order valence-electron chi connectivity index (χ3n) is 4.20. The van der Waals surface area contributed by atoms with Crippen LogP contribution >= 0.6 is 11.8 Å². The molecule has 0 aliphatic heterocycles. The largest absolute Gasteiger partial charge is 0.508 e. The van der Waals surface area contributed by atoms with E-state index in [2.05, 4.69) is 52.9 Å². The van der Waals surface area contributed by atoms with Crippen molar-refractivity contribution in [3.05, 3.63) is 54.1 Å². The summed E-state index contributed by atoms with van der Waals surface area (Å²) in [6.45, 7) is 3.84. The molecule has 0 aliphatic rings. The number of aryl methyl sites for hydroxylation is 1. The Kier molecular flexibility index (Phi) is 5.71. The topological polar surface area (TPSA) is 188 Å². The predicted octanol–water partition coefficient (Wildman–Crippen LogP) is 0.264. The number of thioether (sulfide) groups is 1. The fourth-order valence-electron chi connectivity index (χ4n) is 2.61. The molecule has 3 heterocycles. The van der Waals surface area contributed by atoms with Crippen LogP contribution in [-0.4, -0.2) is 51.1 Å². The molecule has 0 spiro atoms. The van der Waals surface area contributed by atoms with E-state index in [0.29, 0.717) is 22.1 Å². The number of anilines is 1. The van der Waals surface area contributed by atoms with Crippen LogP contribution in [0.2, 0.25) is 0 Å². The van der Waals surface area contributed by atoms with Crippen molar-refractivity contribution >= 4 is 29.2 Å². The minimum atomic E-state index is -0.582. The van der Waals surface area contributed by atoms with Crippen molar-refractivity contribution in [2.75, 3.05) is 5.73 Å². The molecular formula is C17H17N11O3S. The molecule has 1 aromatic carbocycles. The van der Waals surface area contributed by atoms with Gasteiger partial charge in [-0.15, -0.1) is 15.3 Å².